The molecule has 3 rings (SSSR count). The highest BCUT2D eigenvalue weighted by Crippen LogP contribution is 2.13. The lowest BCUT2D eigenvalue weighted by Crippen LogP contribution is -2.22. The number of rotatable bonds is 1. The van der Waals surface area contributed by atoms with Gasteiger partial charge in [0.25, 0.3) is 5.56 Å². The molecule has 2 heterocycles. The van der Waals surface area contributed by atoms with Crippen molar-refractivity contribution in [2.75, 3.05) is 5.73 Å². The summed E-state index contributed by atoms with van der Waals surface area (Å²) in [6.45, 7) is 0. The van der Waals surface area contributed by atoms with Gasteiger partial charge in [0.1, 0.15) is 12.0 Å². The van der Waals surface area contributed by atoms with E-state index in [1.165, 1.54) is 17.1 Å². The van der Waals surface area contributed by atoms with Crippen LogP contribution in [-0.4, -0.2) is 19.5 Å². The second kappa shape index (κ2) is 4.29. The highest BCUT2D eigenvalue weighted by Gasteiger charge is 2.10. The average molecular weight is 271 g/mol. The number of aromatic amines is 1. The molecule has 0 fully saturated rings. The summed E-state index contributed by atoms with van der Waals surface area (Å²) in [5.41, 5.74) is 6.57. The first-order chi connectivity index (χ1) is 9.18. The summed E-state index contributed by atoms with van der Waals surface area (Å²) in [4.78, 5) is 23.2. The topological polar surface area (TPSA) is 89.6 Å². The van der Waals surface area contributed by atoms with E-state index in [-0.39, 0.29) is 16.1 Å². The van der Waals surface area contributed by atoms with Crippen molar-refractivity contribution in [3.63, 3.8) is 0 Å². The van der Waals surface area contributed by atoms with Gasteiger partial charge in [0, 0.05) is 0 Å². The number of fused-ring (bicyclic) bond motifs is 1. The molecule has 0 saturated heterocycles. The number of anilines is 1. The number of H-pyrrole nitrogens is 1. The second-order valence-corrected chi connectivity index (χ2v) is 4.30. The van der Waals surface area contributed by atoms with E-state index in [1.54, 1.807) is 18.2 Å². The molecule has 0 spiro atoms. The Hall–Kier alpha value is -2.54. The highest BCUT2D eigenvalue weighted by molar-refractivity contribution is 7.71. The van der Waals surface area contributed by atoms with Crippen LogP contribution < -0.4 is 11.3 Å². The Morgan fingerprint density at radius 2 is 2.11 bits per heavy atom. The predicted molar refractivity (Wildman–Crippen MR) is 74.7 cm³/mol. The van der Waals surface area contributed by atoms with Gasteiger partial charge in [0.05, 0.1) is 17.1 Å². The third kappa shape index (κ3) is 1.80. The molecule has 3 N–H and O–H groups in total. The van der Waals surface area contributed by atoms with Gasteiger partial charge in [-0.2, -0.15) is 0 Å². The van der Waals surface area contributed by atoms with Crippen molar-refractivity contribution in [3.05, 3.63) is 51.9 Å². The zero-order chi connectivity index (χ0) is 13.4. The van der Waals surface area contributed by atoms with Crippen LogP contribution in [0.5, 0.6) is 0 Å². The maximum atomic E-state index is 12.5. The molecule has 2 aromatic heterocycles. The van der Waals surface area contributed by atoms with Crippen LogP contribution in [0, 0.1) is 4.77 Å². The van der Waals surface area contributed by atoms with Gasteiger partial charge in [-0.3, -0.25) is 4.79 Å². The van der Waals surface area contributed by atoms with Gasteiger partial charge in [0.2, 0.25) is 0 Å². The molecule has 0 aliphatic carbocycles. The predicted octanol–water partition coefficient (Wildman–Crippen LogP) is 1.42. The van der Waals surface area contributed by atoms with E-state index >= 15 is 0 Å². The minimum atomic E-state index is -0.249. The molecule has 0 amide bonds. The van der Waals surface area contributed by atoms with Crippen molar-refractivity contribution < 1.29 is 0 Å². The third-order valence-electron chi connectivity index (χ3n) is 2.77. The summed E-state index contributed by atoms with van der Waals surface area (Å²) < 4.78 is 1.55. The molecule has 0 unspecified atom stereocenters. The largest absolute Gasteiger partial charge is 0.382 e. The van der Waals surface area contributed by atoms with Crippen LogP contribution >= 0.6 is 12.2 Å². The molecule has 0 radical (unpaired) electrons. The zero-order valence-corrected chi connectivity index (χ0v) is 10.5. The number of nitrogen functional groups attached to an aromatic ring is 1. The maximum Gasteiger partial charge on any atom is 0.266 e. The van der Waals surface area contributed by atoms with Crippen LogP contribution in [0.4, 0.5) is 5.82 Å². The summed E-state index contributed by atoms with van der Waals surface area (Å²) in [5.74, 6) is 0.201. The summed E-state index contributed by atoms with van der Waals surface area (Å²) in [7, 11) is 0. The average Bonchev–Trinajstić information content (AvgIpc) is 2.41. The highest BCUT2D eigenvalue weighted by atomic mass is 32.1. The monoisotopic (exact) mass is 271 g/mol. The number of nitrogens with one attached hydrogen (secondary N) is 1. The van der Waals surface area contributed by atoms with E-state index in [0.717, 1.165) is 0 Å². The molecule has 0 aliphatic heterocycles. The van der Waals surface area contributed by atoms with Gasteiger partial charge < -0.3 is 10.7 Å². The number of benzene rings is 1. The molecule has 3 aromatic rings. The Morgan fingerprint density at radius 1 is 1.32 bits per heavy atom. The van der Waals surface area contributed by atoms with Gasteiger partial charge in [-0.15, -0.1) is 0 Å². The van der Waals surface area contributed by atoms with Gasteiger partial charge in [0.15, 0.2) is 10.6 Å². The van der Waals surface area contributed by atoms with Gasteiger partial charge in [-0.25, -0.2) is 14.5 Å². The fraction of sp³-hybridized carbons (Fsp3) is 0. The number of aromatic nitrogens is 4. The Morgan fingerprint density at radius 3 is 2.89 bits per heavy atom. The zero-order valence-electron chi connectivity index (χ0n) is 9.70. The van der Waals surface area contributed by atoms with Crippen molar-refractivity contribution >= 4 is 28.9 Å². The lowest BCUT2D eigenvalue weighted by Gasteiger charge is -2.08. The summed E-state index contributed by atoms with van der Waals surface area (Å²) >= 11 is 5.20. The van der Waals surface area contributed by atoms with Gasteiger partial charge in [-0.1, -0.05) is 12.1 Å². The van der Waals surface area contributed by atoms with Crippen molar-refractivity contribution in [2.45, 2.75) is 0 Å². The summed E-state index contributed by atoms with van der Waals surface area (Å²) in [5, 5.41) is 0.527. The number of hydrogen-bond acceptors (Lipinski definition) is 5. The summed E-state index contributed by atoms with van der Waals surface area (Å²) in [6, 6.07) is 7.13. The Bertz CT molecular complexity index is 883. The van der Waals surface area contributed by atoms with Crippen LogP contribution in [0.25, 0.3) is 16.6 Å². The second-order valence-electron chi connectivity index (χ2n) is 3.91. The molecule has 6 nitrogen and oxygen atoms in total. The van der Waals surface area contributed by atoms with E-state index < -0.39 is 0 Å². The van der Waals surface area contributed by atoms with Crippen LogP contribution in [-0.2, 0) is 0 Å². The molecule has 7 heteroatoms. The quantitative estimate of drug-likeness (QED) is 0.653. The van der Waals surface area contributed by atoms with E-state index in [1.807, 2.05) is 6.07 Å². The first-order valence-corrected chi connectivity index (χ1v) is 5.89. The standard InChI is InChI=1S/C12H9N5OS/c13-10-9(5-14-6-15-10)17-11(18)7-3-1-2-4-8(7)16-12(17)19/h1-6H,(H,16,19)(H2,13,14,15). The van der Waals surface area contributed by atoms with Crippen LogP contribution in [0.15, 0.2) is 41.6 Å². The van der Waals surface area contributed by atoms with Crippen molar-refractivity contribution in [2.24, 2.45) is 0 Å². The van der Waals surface area contributed by atoms with Crippen LogP contribution in [0.1, 0.15) is 0 Å². The van der Waals surface area contributed by atoms with Crippen LogP contribution in [0.3, 0.4) is 0 Å². The molecule has 0 saturated carbocycles. The van der Waals surface area contributed by atoms with Gasteiger partial charge >= 0.3 is 0 Å². The van der Waals surface area contributed by atoms with Gasteiger partial charge in [-0.05, 0) is 24.4 Å². The molecular weight excluding hydrogens is 262 g/mol. The molecule has 94 valence electrons. The number of nitrogens with zero attached hydrogens (tertiary/aromatic N) is 3. The fourth-order valence-corrected chi connectivity index (χ4v) is 2.18. The first-order valence-electron chi connectivity index (χ1n) is 5.48. The van der Waals surface area contributed by atoms with E-state index in [2.05, 4.69) is 15.0 Å². The van der Waals surface area contributed by atoms with Crippen molar-refractivity contribution in [1.82, 2.24) is 19.5 Å². The lowest BCUT2D eigenvalue weighted by molar-refractivity contribution is 0.922. The van der Waals surface area contributed by atoms with E-state index in [4.69, 9.17) is 18.0 Å². The minimum Gasteiger partial charge on any atom is -0.382 e. The normalized spacial score (nSPS) is 10.7. The Balaban J connectivity index is 2.47. The SMILES string of the molecule is Nc1ncncc1-n1c(=S)[nH]c2ccccc2c1=O. The van der Waals surface area contributed by atoms with E-state index in [0.29, 0.717) is 16.6 Å². The molecule has 19 heavy (non-hydrogen) atoms. The van der Waals surface area contributed by atoms with Crippen molar-refractivity contribution in [1.29, 1.82) is 0 Å². The number of hydrogen-bond donors (Lipinski definition) is 2. The third-order valence-corrected chi connectivity index (χ3v) is 3.05. The smallest absolute Gasteiger partial charge is 0.266 e. The molecule has 0 bridgehead atoms. The lowest BCUT2D eigenvalue weighted by atomic mass is 10.2. The Kier molecular flexibility index (Phi) is 2.60. The summed E-state index contributed by atoms with van der Waals surface area (Å²) in [6.07, 6.45) is 2.78. The molecule has 1 aromatic carbocycles. The number of nitrogens with two attached hydrogens (primary N) is 1. The molecule has 0 aliphatic rings. The van der Waals surface area contributed by atoms with E-state index in [9.17, 15) is 4.79 Å². The Labute approximate surface area is 112 Å². The minimum absolute atomic E-state index is 0.201. The fourth-order valence-electron chi connectivity index (χ4n) is 1.89. The number of para-hydroxylation sites is 1. The first kappa shape index (κ1) is 11.5. The van der Waals surface area contributed by atoms with Crippen molar-refractivity contribution in [3.8, 4) is 5.69 Å². The van der Waals surface area contributed by atoms with Crippen LogP contribution in [0.2, 0.25) is 0 Å². The molecular formula is C12H9N5OS. The molecule has 0 atom stereocenters. The maximum absolute atomic E-state index is 12.5.